The molecule has 1 heterocycles. The summed E-state index contributed by atoms with van der Waals surface area (Å²) in [5.74, 6) is -2.00. The van der Waals surface area contributed by atoms with Crippen molar-refractivity contribution < 1.29 is 34.4 Å². The first-order valence-electron chi connectivity index (χ1n) is 15.1. The van der Waals surface area contributed by atoms with Crippen LogP contribution >= 0.6 is 0 Å². The Bertz CT molecular complexity index is 1080. The van der Waals surface area contributed by atoms with Crippen LogP contribution in [-0.2, 0) is 19.1 Å². The van der Waals surface area contributed by atoms with Crippen LogP contribution in [0.15, 0.2) is 22.8 Å². The third-order valence-corrected chi connectivity index (χ3v) is 11.8. The molecule has 4 saturated carbocycles. The number of hydrogen-bond donors (Lipinski definition) is 5. The zero-order valence-corrected chi connectivity index (χ0v) is 24.2. The average Bonchev–Trinajstić information content (AvgIpc) is 3.16. The summed E-state index contributed by atoms with van der Waals surface area (Å²) in [5, 5.41) is 32.8. The molecule has 0 unspecified atom stereocenters. The molecule has 0 aromatic heterocycles. The standard InChI is InChI=1S/C31H48N2O7/c1-17(34)40-24-16-30(3)21(25(24)19(28(37)38)6-4-5-18-9-13-39-14-10-18)15-23(36)27-29(2)11-8-22(35)26(32)20(29)7-12-31(27,30)33/h5,20-24,26-27,35-36H,4,6-16,32-33H2,1-3H3,(H,37,38)/b25-19-/t20-,21-,22+,23+,24-,26-,27-,29-,30-,31+/m0/s1. The van der Waals surface area contributed by atoms with Crippen molar-refractivity contribution in [2.45, 2.75) is 115 Å². The van der Waals surface area contributed by atoms with Gasteiger partial charge in [-0.05, 0) is 92.4 Å². The van der Waals surface area contributed by atoms with Gasteiger partial charge in [0.25, 0.3) is 0 Å². The monoisotopic (exact) mass is 560 g/mol. The van der Waals surface area contributed by atoms with E-state index in [4.69, 9.17) is 20.9 Å². The van der Waals surface area contributed by atoms with Crippen LogP contribution in [0, 0.1) is 28.6 Å². The zero-order valence-electron chi connectivity index (χ0n) is 24.2. The number of esters is 1. The number of fused-ring (bicyclic) bond motifs is 5. The topological polar surface area (TPSA) is 165 Å². The number of carboxylic acids is 1. The molecule has 9 heteroatoms. The van der Waals surface area contributed by atoms with Crippen molar-refractivity contribution in [3.8, 4) is 0 Å². The Morgan fingerprint density at radius 1 is 1.12 bits per heavy atom. The summed E-state index contributed by atoms with van der Waals surface area (Å²) in [6.07, 6.45) is 6.16. The summed E-state index contributed by atoms with van der Waals surface area (Å²) in [4.78, 5) is 25.0. The summed E-state index contributed by atoms with van der Waals surface area (Å²) in [6, 6.07) is -0.364. The van der Waals surface area contributed by atoms with E-state index in [-0.39, 0.29) is 34.8 Å². The van der Waals surface area contributed by atoms with Gasteiger partial charge in [-0.2, -0.15) is 0 Å². The number of nitrogens with two attached hydrogens (primary N) is 2. The van der Waals surface area contributed by atoms with Crippen LogP contribution in [-0.4, -0.2) is 70.4 Å². The quantitative estimate of drug-likeness (QED) is 0.193. The van der Waals surface area contributed by atoms with Gasteiger partial charge in [-0.25, -0.2) is 4.79 Å². The summed E-state index contributed by atoms with van der Waals surface area (Å²) in [6.45, 7) is 7.02. The Labute approximate surface area is 237 Å². The van der Waals surface area contributed by atoms with E-state index in [1.54, 1.807) is 0 Å². The lowest BCUT2D eigenvalue weighted by Crippen LogP contribution is -2.75. The molecule has 40 heavy (non-hydrogen) atoms. The van der Waals surface area contributed by atoms with E-state index in [0.29, 0.717) is 57.3 Å². The van der Waals surface area contributed by atoms with E-state index in [1.165, 1.54) is 12.5 Å². The second-order valence-corrected chi connectivity index (χ2v) is 13.7. The second-order valence-electron chi connectivity index (χ2n) is 13.7. The Hall–Kier alpha value is -1.78. The van der Waals surface area contributed by atoms with Crippen molar-refractivity contribution in [2.75, 3.05) is 13.2 Å². The first-order chi connectivity index (χ1) is 18.8. The van der Waals surface area contributed by atoms with E-state index >= 15 is 0 Å². The summed E-state index contributed by atoms with van der Waals surface area (Å²) < 4.78 is 11.3. The maximum absolute atomic E-state index is 12.8. The van der Waals surface area contributed by atoms with Gasteiger partial charge in [0.2, 0.25) is 0 Å². The van der Waals surface area contributed by atoms with Crippen molar-refractivity contribution in [3.63, 3.8) is 0 Å². The fraction of sp³-hybridized carbons (Fsp3) is 0.806. The molecule has 0 amide bonds. The van der Waals surface area contributed by atoms with Gasteiger partial charge in [-0.1, -0.05) is 25.5 Å². The lowest BCUT2D eigenvalue weighted by atomic mass is 9.39. The van der Waals surface area contributed by atoms with Gasteiger partial charge < -0.3 is 36.3 Å². The van der Waals surface area contributed by atoms with Gasteiger partial charge in [0, 0.05) is 30.0 Å². The summed E-state index contributed by atoms with van der Waals surface area (Å²) in [5.41, 5.74) is 14.4. The number of aliphatic hydroxyl groups excluding tert-OH is 2. The molecule has 9 nitrogen and oxygen atoms in total. The van der Waals surface area contributed by atoms with Gasteiger partial charge in [0.05, 0.1) is 25.4 Å². The summed E-state index contributed by atoms with van der Waals surface area (Å²) >= 11 is 0. The van der Waals surface area contributed by atoms with Crippen LogP contribution < -0.4 is 11.5 Å². The summed E-state index contributed by atoms with van der Waals surface area (Å²) in [7, 11) is 0. The molecule has 0 aromatic rings. The van der Waals surface area contributed by atoms with Gasteiger partial charge in [-0.3, -0.25) is 4.79 Å². The first-order valence-corrected chi connectivity index (χ1v) is 15.1. The van der Waals surface area contributed by atoms with Crippen LogP contribution in [0.2, 0.25) is 0 Å². The normalized spacial score (nSPS) is 46.1. The molecule has 0 bridgehead atoms. The van der Waals surface area contributed by atoms with Gasteiger partial charge >= 0.3 is 11.9 Å². The molecular formula is C31H48N2O7. The Balaban J connectivity index is 1.54. The number of aliphatic hydroxyl groups is 2. The van der Waals surface area contributed by atoms with Gasteiger partial charge in [-0.15, -0.1) is 0 Å². The molecule has 224 valence electrons. The van der Waals surface area contributed by atoms with Crippen molar-refractivity contribution in [1.82, 2.24) is 0 Å². The average molecular weight is 561 g/mol. The van der Waals surface area contributed by atoms with E-state index in [0.717, 1.165) is 25.7 Å². The highest BCUT2D eigenvalue weighted by Crippen LogP contribution is 2.69. The van der Waals surface area contributed by atoms with E-state index < -0.39 is 41.2 Å². The van der Waals surface area contributed by atoms with Crippen LogP contribution in [0.1, 0.15) is 85.0 Å². The van der Waals surface area contributed by atoms with Crippen molar-refractivity contribution in [3.05, 3.63) is 22.8 Å². The fourth-order valence-corrected chi connectivity index (χ4v) is 9.84. The number of carboxylic acid groups (broad SMARTS) is 1. The fourth-order valence-electron chi connectivity index (χ4n) is 9.84. The first kappa shape index (κ1) is 29.7. The van der Waals surface area contributed by atoms with Gasteiger partial charge in [0.1, 0.15) is 6.10 Å². The van der Waals surface area contributed by atoms with E-state index in [2.05, 4.69) is 19.9 Å². The third kappa shape index (κ3) is 4.66. The van der Waals surface area contributed by atoms with E-state index in [9.17, 15) is 24.9 Å². The van der Waals surface area contributed by atoms with Crippen LogP contribution in [0.5, 0.6) is 0 Å². The second kappa shape index (κ2) is 10.8. The molecule has 5 rings (SSSR count). The minimum absolute atomic E-state index is 0.0428. The van der Waals surface area contributed by atoms with Crippen molar-refractivity contribution >= 4 is 11.9 Å². The maximum atomic E-state index is 12.8. The molecule has 0 aromatic carbocycles. The third-order valence-electron chi connectivity index (χ3n) is 11.8. The Morgan fingerprint density at radius 2 is 1.82 bits per heavy atom. The van der Waals surface area contributed by atoms with Crippen LogP contribution in [0.4, 0.5) is 0 Å². The molecule has 1 saturated heterocycles. The number of allylic oxidation sites excluding steroid dienone is 1. The SMILES string of the molecule is CC(=O)O[C@H]1C[C@@]2(C)[C@@H](C[C@@H](O)[C@H]3[C@@]4(C)CC[C@@H](O)[C@@H](N)[C@@H]4CC[C@@]32N)/C1=C(\CCC=C1CCOCC1)C(=O)O. The Morgan fingerprint density at radius 3 is 2.48 bits per heavy atom. The predicted molar refractivity (Wildman–Crippen MR) is 149 cm³/mol. The molecular weight excluding hydrogens is 512 g/mol. The van der Waals surface area contributed by atoms with Gasteiger partial charge in [0.15, 0.2) is 0 Å². The number of carbonyl (C=O) groups is 2. The lowest BCUT2D eigenvalue weighted by Gasteiger charge is -2.68. The number of aliphatic carboxylic acids is 1. The van der Waals surface area contributed by atoms with E-state index in [1.807, 2.05) is 0 Å². The Kier molecular flexibility index (Phi) is 8.02. The molecule has 5 aliphatic rings. The number of hydrogen-bond acceptors (Lipinski definition) is 8. The molecule has 0 radical (unpaired) electrons. The highest BCUT2D eigenvalue weighted by atomic mass is 16.5. The molecule has 4 aliphatic carbocycles. The highest BCUT2D eigenvalue weighted by molar-refractivity contribution is 5.88. The number of rotatable bonds is 5. The van der Waals surface area contributed by atoms with Crippen LogP contribution in [0.25, 0.3) is 0 Å². The van der Waals surface area contributed by atoms with Crippen LogP contribution in [0.3, 0.4) is 0 Å². The smallest absolute Gasteiger partial charge is 0.331 e. The molecule has 10 atom stereocenters. The van der Waals surface area contributed by atoms with Crippen molar-refractivity contribution in [1.29, 1.82) is 0 Å². The maximum Gasteiger partial charge on any atom is 0.331 e. The van der Waals surface area contributed by atoms with Crippen molar-refractivity contribution in [2.24, 2.45) is 40.1 Å². The molecule has 7 N–H and O–H groups in total. The number of carbonyl (C=O) groups excluding carboxylic acids is 1. The minimum atomic E-state index is -1.01. The largest absolute Gasteiger partial charge is 0.478 e. The lowest BCUT2D eigenvalue weighted by molar-refractivity contribution is -0.193. The zero-order chi connectivity index (χ0) is 29.0. The highest BCUT2D eigenvalue weighted by Gasteiger charge is 2.71. The number of ether oxygens (including phenoxy) is 2. The minimum Gasteiger partial charge on any atom is -0.478 e. The molecule has 1 aliphatic heterocycles. The molecule has 5 fully saturated rings. The predicted octanol–water partition coefficient (Wildman–Crippen LogP) is 2.82. The molecule has 0 spiro atoms.